The van der Waals surface area contributed by atoms with E-state index in [-0.39, 0.29) is 6.54 Å². The zero-order chi connectivity index (χ0) is 15.1. The first kappa shape index (κ1) is 14.4. The number of hydrogen-bond donors (Lipinski definition) is 3. The minimum Gasteiger partial charge on any atom is -0.479 e. The van der Waals surface area contributed by atoms with Gasteiger partial charge in [0.05, 0.1) is 12.2 Å². The van der Waals surface area contributed by atoms with Crippen molar-refractivity contribution in [2.75, 3.05) is 0 Å². The topological polar surface area (TPSA) is 104 Å². The van der Waals surface area contributed by atoms with Crippen molar-refractivity contribution < 1.29 is 14.7 Å². The number of benzene rings is 1. The van der Waals surface area contributed by atoms with Crippen molar-refractivity contribution in [1.29, 1.82) is 0 Å². The molecule has 21 heavy (non-hydrogen) atoms. The van der Waals surface area contributed by atoms with Crippen LogP contribution in [0.4, 0.5) is 4.79 Å². The van der Waals surface area contributed by atoms with Gasteiger partial charge in [0.2, 0.25) is 0 Å². The Morgan fingerprint density at radius 1 is 1.19 bits per heavy atom. The van der Waals surface area contributed by atoms with Gasteiger partial charge in [-0.05, 0) is 11.6 Å². The van der Waals surface area contributed by atoms with Crippen LogP contribution in [0, 0.1) is 0 Å². The van der Waals surface area contributed by atoms with E-state index in [1.807, 2.05) is 0 Å². The summed E-state index contributed by atoms with van der Waals surface area (Å²) in [5, 5.41) is 14.2. The van der Waals surface area contributed by atoms with Gasteiger partial charge in [0.1, 0.15) is 6.33 Å². The largest absolute Gasteiger partial charge is 0.479 e. The number of aliphatic carboxylic acids is 1. The molecule has 0 saturated heterocycles. The van der Waals surface area contributed by atoms with E-state index in [0.717, 1.165) is 0 Å². The van der Waals surface area contributed by atoms with Gasteiger partial charge in [-0.2, -0.15) is 0 Å². The molecule has 7 nitrogen and oxygen atoms in total. The normalized spacial score (nSPS) is 11.4. The van der Waals surface area contributed by atoms with E-state index in [1.165, 1.54) is 6.33 Å². The van der Waals surface area contributed by atoms with Crippen LogP contribution < -0.4 is 10.6 Å². The second-order valence-electron chi connectivity index (χ2n) is 4.21. The molecule has 0 aliphatic heterocycles. The second-order valence-corrected chi connectivity index (χ2v) is 4.21. The van der Waals surface area contributed by atoms with Crippen LogP contribution >= 0.6 is 0 Å². The Hall–Kier alpha value is -2.96. The third kappa shape index (κ3) is 4.27. The quantitative estimate of drug-likeness (QED) is 0.763. The molecule has 3 N–H and O–H groups in total. The molecule has 7 heteroatoms. The number of nitrogens with zero attached hydrogens (tertiary/aromatic N) is 2. The minimum atomic E-state index is -1.13. The van der Waals surface area contributed by atoms with Crippen LogP contribution in [0.15, 0.2) is 48.9 Å². The summed E-state index contributed by atoms with van der Waals surface area (Å²) in [5.41, 5.74) is 1.13. The molecule has 0 aliphatic carbocycles. The Labute approximate surface area is 121 Å². The molecular formula is C14H14N4O3. The number of amides is 2. The van der Waals surface area contributed by atoms with E-state index in [9.17, 15) is 14.7 Å². The van der Waals surface area contributed by atoms with Gasteiger partial charge in [0.15, 0.2) is 6.04 Å². The summed E-state index contributed by atoms with van der Waals surface area (Å²) in [6, 6.07) is 8.47. The van der Waals surface area contributed by atoms with Gasteiger partial charge in [-0.15, -0.1) is 0 Å². The molecule has 108 valence electrons. The number of nitrogens with one attached hydrogen (secondary N) is 2. The molecule has 1 aromatic heterocycles. The van der Waals surface area contributed by atoms with E-state index in [2.05, 4.69) is 20.6 Å². The monoisotopic (exact) mass is 286 g/mol. The molecule has 2 amide bonds. The lowest BCUT2D eigenvalue weighted by Gasteiger charge is -2.15. The molecule has 0 spiro atoms. The number of carbonyl (C=O) groups is 2. The van der Waals surface area contributed by atoms with Crippen molar-refractivity contribution in [2.45, 2.75) is 12.6 Å². The fourth-order valence-electron chi connectivity index (χ4n) is 1.71. The van der Waals surface area contributed by atoms with Gasteiger partial charge in [-0.3, -0.25) is 0 Å². The summed E-state index contributed by atoms with van der Waals surface area (Å²) in [7, 11) is 0. The molecule has 0 radical (unpaired) electrons. The Morgan fingerprint density at radius 2 is 1.95 bits per heavy atom. The molecule has 1 aromatic carbocycles. The molecule has 0 saturated carbocycles. The molecule has 1 heterocycles. The van der Waals surface area contributed by atoms with E-state index >= 15 is 0 Å². The van der Waals surface area contributed by atoms with E-state index in [4.69, 9.17) is 0 Å². The Balaban J connectivity index is 1.95. The van der Waals surface area contributed by atoms with Crippen LogP contribution in [0.3, 0.4) is 0 Å². The van der Waals surface area contributed by atoms with E-state index in [1.54, 1.807) is 42.6 Å². The highest BCUT2D eigenvalue weighted by atomic mass is 16.4. The highest BCUT2D eigenvalue weighted by molar-refractivity contribution is 5.83. The predicted octanol–water partition coefficient (Wildman–Crippen LogP) is 1.10. The van der Waals surface area contributed by atoms with Crippen molar-refractivity contribution in [3.8, 4) is 0 Å². The predicted molar refractivity (Wildman–Crippen MR) is 74.2 cm³/mol. The number of carbonyl (C=O) groups excluding carboxylic acids is 1. The van der Waals surface area contributed by atoms with Crippen LogP contribution in [0.2, 0.25) is 0 Å². The molecule has 1 atom stereocenters. The highest BCUT2D eigenvalue weighted by Gasteiger charge is 2.21. The summed E-state index contributed by atoms with van der Waals surface area (Å²) in [5.74, 6) is -1.13. The lowest BCUT2D eigenvalue weighted by Crippen LogP contribution is -2.40. The maximum Gasteiger partial charge on any atom is 0.330 e. The van der Waals surface area contributed by atoms with Crippen molar-refractivity contribution in [2.24, 2.45) is 0 Å². The molecular weight excluding hydrogens is 272 g/mol. The summed E-state index contributed by atoms with van der Waals surface area (Å²) in [6.07, 6.45) is 2.94. The lowest BCUT2D eigenvalue weighted by molar-refractivity contribution is -0.139. The second kappa shape index (κ2) is 6.99. The maximum absolute atomic E-state index is 11.8. The summed E-state index contributed by atoms with van der Waals surface area (Å²) in [6.45, 7) is 0.190. The van der Waals surface area contributed by atoms with Gasteiger partial charge < -0.3 is 15.7 Å². The molecule has 0 aliphatic rings. The number of hydrogen-bond acceptors (Lipinski definition) is 4. The van der Waals surface area contributed by atoms with Gasteiger partial charge in [-0.25, -0.2) is 19.6 Å². The lowest BCUT2D eigenvalue weighted by atomic mass is 10.1. The van der Waals surface area contributed by atoms with Gasteiger partial charge in [0.25, 0.3) is 0 Å². The van der Waals surface area contributed by atoms with Gasteiger partial charge in [-0.1, -0.05) is 30.3 Å². The van der Waals surface area contributed by atoms with Crippen LogP contribution in [-0.2, 0) is 11.3 Å². The number of aromatic nitrogens is 2. The van der Waals surface area contributed by atoms with Crippen LogP contribution in [-0.4, -0.2) is 27.1 Å². The third-order valence-corrected chi connectivity index (χ3v) is 2.73. The van der Waals surface area contributed by atoms with Crippen LogP contribution in [0.1, 0.15) is 17.3 Å². The van der Waals surface area contributed by atoms with Crippen LogP contribution in [0.5, 0.6) is 0 Å². The van der Waals surface area contributed by atoms with Crippen LogP contribution in [0.25, 0.3) is 0 Å². The average Bonchev–Trinajstić information content (AvgIpc) is 2.52. The third-order valence-electron chi connectivity index (χ3n) is 2.73. The summed E-state index contributed by atoms with van der Waals surface area (Å²) < 4.78 is 0. The maximum atomic E-state index is 11.8. The Kier molecular flexibility index (Phi) is 4.81. The Bertz CT molecular complexity index is 604. The van der Waals surface area contributed by atoms with Gasteiger partial charge >= 0.3 is 12.0 Å². The van der Waals surface area contributed by atoms with Crippen molar-refractivity contribution in [3.63, 3.8) is 0 Å². The number of urea groups is 1. The fourth-order valence-corrected chi connectivity index (χ4v) is 1.71. The Morgan fingerprint density at radius 3 is 2.57 bits per heavy atom. The van der Waals surface area contributed by atoms with E-state index in [0.29, 0.717) is 11.3 Å². The number of carboxylic acid groups (broad SMARTS) is 1. The van der Waals surface area contributed by atoms with Crippen molar-refractivity contribution >= 4 is 12.0 Å². The number of rotatable bonds is 5. The highest BCUT2D eigenvalue weighted by Crippen LogP contribution is 2.12. The first-order valence-corrected chi connectivity index (χ1v) is 6.24. The smallest absolute Gasteiger partial charge is 0.330 e. The fraction of sp³-hybridized carbons (Fsp3) is 0.143. The average molecular weight is 286 g/mol. The zero-order valence-corrected chi connectivity index (χ0v) is 11.1. The first-order valence-electron chi connectivity index (χ1n) is 6.24. The summed E-state index contributed by atoms with van der Waals surface area (Å²) >= 11 is 0. The van der Waals surface area contributed by atoms with Crippen molar-refractivity contribution in [1.82, 2.24) is 20.6 Å². The molecule has 2 rings (SSSR count). The molecule has 0 unspecified atom stereocenters. The van der Waals surface area contributed by atoms with Crippen molar-refractivity contribution in [3.05, 3.63) is 60.2 Å². The van der Waals surface area contributed by atoms with Gasteiger partial charge in [0, 0.05) is 6.20 Å². The SMILES string of the molecule is O=C(NCc1ccncn1)N[C@@H](C(=O)O)c1ccccc1. The minimum absolute atomic E-state index is 0.190. The zero-order valence-electron chi connectivity index (χ0n) is 11.1. The van der Waals surface area contributed by atoms with E-state index < -0.39 is 18.0 Å². The standard InChI is InChI=1S/C14H14N4O3/c19-13(20)12(10-4-2-1-3-5-10)18-14(21)16-8-11-6-7-15-9-17-11/h1-7,9,12H,8H2,(H,19,20)(H2,16,18,21)/t12-/m1/s1. The molecule has 2 aromatic rings. The number of carboxylic acids is 1. The molecule has 0 bridgehead atoms. The first-order chi connectivity index (χ1) is 10.2. The summed E-state index contributed by atoms with van der Waals surface area (Å²) in [4.78, 5) is 30.7. The molecule has 0 fully saturated rings.